The summed E-state index contributed by atoms with van der Waals surface area (Å²) < 4.78 is 5.35. The van der Waals surface area contributed by atoms with E-state index in [-0.39, 0.29) is 0 Å². The maximum Gasteiger partial charge on any atom is 0.122 e. The SMILES string of the molecule is C=CC(=C)/C=C(C)/N=C\C=C(/C)c1ccc(C)c(OC)c1. The summed E-state index contributed by atoms with van der Waals surface area (Å²) in [6.07, 6.45) is 7.38. The molecular weight excluding hydrogens is 258 g/mol. The molecule has 0 bridgehead atoms. The van der Waals surface area contributed by atoms with Crippen molar-refractivity contribution in [3.63, 3.8) is 0 Å². The lowest BCUT2D eigenvalue weighted by molar-refractivity contribution is 0.411. The van der Waals surface area contributed by atoms with E-state index in [9.17, 15) is 0 Å². The van der Waals surface area contributed by atoms with Crippen molar-refractivity contribution in [2.75, 3.05) is 7.11 Å². The van der Waals surface area contributed by atoms with Crippen LogP contribution in [0.4, 0.5) is 0 Å². The van der Waals surface area contributed by atoms with Gasteiger partial charge in [-0.2, -0.15) is 0 Å². The molecule has 1 aromatic rings. The largest absolute Gasteiger partial charge is 0.496 e. The smallest absolute Gasteiger partial charge is 0.122 e. The van der Waals surface area contributed by atoms with Crippen LogP contribution in [-0.4, -0.2) is 13.3 Å². The Morgan fingerprint density at radius 1 is 1.29 bits per heavy atom. The van der Waals surface area contributed by atoms with Gasteiger partial charge in [0.15, 0.2) is 0 Å². The molecule has 0 heterocycles. The van der Waals surface area contributed by atoms with Crippen LogP contribution < -0.4 is 4.74 Å². The predicted molar refractivity (Wildman–Crippen MR) is 93.0 cm³/mol. The lowest BCUT2D eigenvalue weighted by Gasteiger charge is -2.07. The van der Waals surface area contributed by atoms with Gasteiger partial charge in [0.25, 0.3) is 0 Å². The van der Waals surface area contributed by atoms with E-state index in [1.54, 1.807) is 19.4 Å². The molecule has 0 N–H and O–H groups in total. The monoisotopic (exact) mass is 281 g/mol. The van der Waals surface area contributed by atoms with Gasteiger partial charge in [-0.05, 0) is 61.3 Å². The Hall–Kier alpha value is -2.35. The van der Waals surface area contributed by atoms with Crippen LogP contribution >= 0.6 is 0 Å². The molecule has 0 atom stereocenters. The second-order valence-corrected chi connectivity index (χ2v) is 4.88. The molecule has 0 fully saturated rings. The number of allylic oxidation sites excluding steroid dienone is 6. The Balaban J connectivity index is 2.88. The Kier molecular flexibility index (Phi) is 6.41. The zero-order chi connectivity index (χ0) is 15.8. The third kappa shape index (κ3) is 5.27. The first-order valence-corrected chi connectivity index (χ1v) is 6.83. The van der Waals surface area contributed by atoms with E-state index in [4.69, 9.17) is 4.74 Å². The van der Waals surface area contributed by atoms with E-state index in [2.05, 4.69) is 37.2 Å². The van der Waals surface area contributed by atoms with Crippen molar-refractivity contribution in [1.82, 2.24) is 0 Å². The van der Waals surface area contributed by atoms with Crippen LogP contribution in [-0.2, 0) is 0 Å². The molecule has 0 aliphatic carbocycles. The molecule has 0 spiro atoms. The summed E-state index contributed by atoms with van der Waals surface area (Å²) >= 11 is 0. The van der Waals surface area contributed by atoms with Crippen LogP contribution in [0.25, 0.3) is 5.57 Å². The quantitative estimate of drug-likeness (QED) is 0.523. The molecule has 2 nitrogen and oxygen atoms in total. The summed E-state index contributed by atoms with van der Waals surface area (Å²) in [7, 11) is 1.69. The number of rotatable bonds is 6. The molecule has 0 radical (unpaired) electrons. The van der Waals surface area contributed by atoms with Crippen LogP contribution in [0.3, 0.4) is 0 Å². The first kappa shape index (κ1) is 16.7. The summed E-state index contributed by atoms with van der Waals surface area (Å²) in [5.74, 6) is 0.899. The Morgan fingerprint density at radius 3 is 2.62 bits per heavy atom. The molecule has 21 heavy (non-hydrogen) atoms. The molecular formula is C19H23NO. The summed E-state index contributed by atoms with van der Waals surface area (Å²) in [5, 5.41) is 0. The van der Waals surface area contributed by atoms with Crippen LogP contribution in [0.2, 0.25) is 0 Å². The van der Waals surface area contributed by atoms with Crippen LogP contribution in [0, 0.1) is 6.92 Å². The fourth-order valence-electron chi connectivity index (χ4n) is 1.79. The molecule has 2 heteroatoms. The van der Waals surface area contributed by atoms with Gasteiger partial charge in [0.2, 0.25) is 0 Å². The summed E-state index contributed by atoms with van der Waals surface area (Å²) in [4.78, 5) is 4.36. The van der Waals surface area contributed by atoms with E-state index < -0.39 is 0 Å². The zero-order valence-electron chi connectivity index (χ0n) is 13.3. The van der Waals surface area contributed by atoms with E-state index in [0.717, 1.165) is 33.7 Å². The maximum absolute atomic E-state index is 5.35. The van der Waals surface area contributed by atoms with E-state index in [1.807, 2.05) is 32.1 Å². The number of methoxy groups -OCH3 is 1. The highest BCUT2D eigenvalue weighted by Crippen LogP contribution is 2.23. The van der Waals surface area contributed by atoms with Gasteiger partial charge in [-0.25, -0.2) is 0 Å². The molecule has 0 saturated heterocycles. The molecule has 0 aromatic heterocycles. The number of benzene rings is 1. The topological polar surface area (TPSA) is 21.6 Å². The minimum Gasteiger partial charge on any atom is -0.496 e. The molecule has 0 aliphatic heterocycles. The average molecular weight is 281 g/mol. The number of aryl methyl sites for hydroxylation is 1. The summed E-state index contributed by atoms with van der Waals surface area (Å²) in [6.45, 7) is 13.5. The molecule has 1 aromatic carbocycles. The van der Waals surface area contributed by atoms with Crippen LogP contribution in [0.1, 0.15) is 25.0 Å². The van der Waals surface area contributed by atoms with Crippen LogP contribution in [0.15, 0.2) is 65.8 Å². The molecule has 0 unspecified atom stereocenters. The number of hydrogen-bond donors (Lipinski definition) is 0. The minimum absolute atomic E-state index is 0.855. The van der Waals surface area contributed by atoms with Crippen molar-refractivity contribution < 1.29 is 4.74 Å². The Bertz CT molecular complexity index is 618. The first-order chi connectivity index (χ1) is 9.97. The summed E-state index contributed by atoms with van der Waals surface area (Å²) in [6, 6.07) is 6.18. The first-order valence-electron chi connectivity index (χ1n) is 6.83. The third-order valence-electron chi connectivity index (χ3n) is 3.12. The maximum atomic E-state index is 5.35. The second-order valence-electron chi connectivity index (χ2n) is 4.88. The zero-order valence-corrected chi connectivity index (χ0v) is 13.3. The Labute approximate surface area is 127 Å². The molecule has 1 rings (SSSR count). The highest BCUT2D eigenvalue weighted by atomic mass is 16.5. The third-order valence-corrected chi connectivity index (χ3v) is 3.12. The van der Waals surface area contributed by atoms with Crippen molar-refractivity contribution in [2.24, 2.45) is 4.99 Å². The number of hydrogen-bond acceptors (Lipinski definition) is 2. The van der Waals surface area contributed by atoms with Crippen molar-refractivity contribution in [1.29, 1.82) is 0 Å². The summed E-state index contributed by atoms with van der Waals surface area (Å²) in [5.41, 5.74) is 5.14. The fourth-order valence-corrected chi connectivity index (χ4v) is 1.79. The average Bonchev–Trinajstić information content (AvgIpc) is 2.47. The minimum atomic E-state index is 0.855. The molecule has 0 aliphatic rings. The number of ether oxygens (including phenoxy) is 1. The van der Waals surface area contributed by atoms with Gasteiger partial charge in [0.1, 0.15) is 5.75 Å². The van der Waals surface area contributed by atoms with E-state index in [1.165, 1.54) is 0 Å². The van der Waals surface area contributed by atoms with E-state index in [0.29, 0.717) is 0 Å². The standard InChI is InChI=1S/C19H23NO/c1-7-14(2)12-17(5)20-11-10-15(3)18-9-8-16(4)19(13-18)21-6/h7-13H,1-2H2,3-6H3/b15-10+,17-12+,20-11-. The van der Waals surface area contributed by atoms with Gasteiger partial charge in [0.05, 0.1) is 7.11 Å². The lowest BCUT2D eigenvalue weighted by Crippen LogP contribution is -1.89. The number of aliphatic imine (C=N–C) groups is 1. The van der Waals surface area contributed by atoms with Gasteiger partial charge in [-0.3, -0.25) is 4.99 Å². The fraction of sp³-hybridized carbons (Fsp3) is 0.211. The van der Waals surface area contributed by atoms with Crippen molar-refractivity contribution in [3.8, 4) is 5.75 Å². The van der Waals surface area contributed by atoms with Gasteiger partial charge in [0, 0.05) is 11.9 Å². The second kappa shape index (κ2) is 8.05. The lowest BCUT2D eigenvalue weighted by atomic mass is 10.0. The van der Waals surface area contributed by atoms with Gasteiger partial charge in [-0.15, -0.1) is 0 Å². The van der Waals surface area contributed by atoms with Crippen molar-refractivity contribution >= 4 is 11.8 Å². The number of nitrogens with zero attached hydrogens (tertiary/aromatic N) is 1. The van der Waals surface area contributed by atoms with Gasteiger partial charge >= 0.3 is 0 Å². The van der Waals surface area contributed by atoms with Crippen molar-refractivity contribution in [2.45, 2.75) is 20.8 Å². The van der Waals surface area contributed by atoms with Crippen LogP contribution in [0.5, 0.6) is 5.75 Å². The van der Waals surface area contributed by atoms with E-state index >= 15 is 0 Å². The normalized spacial score (nSPS) is 12.6. The Morgan fingerprint density at radius 2 is 2.00 bits per heavy atom. The highest BCUT2D eigenvalue weighted by Gasteiger charge is 2.01. The molecule has 110 valence electrons. The van der Waals surface area contributed by atoms with Gasteiger partial charge < -0.3 is 4.74 Å². The highest BCUT2D eigenvalue weighted by molar-refractivity contribution is 5.84. The molecule has 0 amide bonds. The predicted octanol–water partition coefficient (Wildman–Crippen LogP) is 5.12. The van der Waals surface area contributed by atoms with Gasteiger partial charge in [-0.1, -0.05) is 31.4 Å². The molecule has 0 saturated carbocycles. The van der Waals surface area contributed by atoms with Crippen molar-refractivity contribution in [3.05, 3.63) is 72.0 Å².